The van der Waals surface area contributed by atoms with Crippen molar-refractivity contribution in [3.63, 3.8) is 0 Å². The second-order valence-electron chi connectivity index (χ2n) is 4.42. The van der Waals surface area contributed by atoms with E-state index in [1.54, 1.807) is 19.2 Å². The van der Waals surface area contributed by atoms with Gasteiger partial charge in [0.15, 0.2) is 0 Å². The molecule has 0 radical (unpaired) electrons. The number of halogens is 3. The van der Waals surface area contributed by atoms with Crippen molar-refractivity contribution in [2.45, 2.75) is 19.5 Å². The highest BCUT2D eigenvalue weighted by Gasteiger charge is 2.31. The maximum atomic E-state index is 12.9. The molecule has 0 amide bonds. The van der Waals surface area contributed by atoms with Crippen molar-refractivity contribution in [3.05, 3.63) is 47.5 Å². The lowest BCUT2D eigenvalue weighted by atomic mass is 10.1. The van der Waals surface area contributed by atoms with Gasteiger partial charge in [0.25, 0.3) is 0 Å². The highest BCUT2D eigenvalue weighted by Crippen LogP contribution is 2.33. The van der Waals surface area contributed by atoms with E-state index in [-0.39, 0.29) is 5.82 Å². The molecule has 1 aromatic carbocycles. The van der Waals surface area contributed by atoms with Crippen LogP contribution >= 0.6 is 0 Å². The predicted molar refractivity (Wildman–Crippen MR) is 73.6 cm³/mol. The fraction of sp³-hybridized carbons (Fsp3) is 0.267. The van der Waals surface area contributed by atoms with Crippen LogP contribution in [0.15, 0.2) is 36.4 Å². The molecule has 0 bridgehead atoms. The van der Waals surface area contributed by atoms with E-state index in [9.17, 15) is 13.2 Å². The summed E-state index contributed by atoms with van der Waals surface area (Å²) in [6.07, 6.45) is -3.50. The zero-order chi connectivity index (χ0) is 14.8. The maximum absolute atomic E-state index is 12.9. The van der Waals surface area contributed by atoms with Crippen LogP contribution in [0, 0.1) is 0 Å². The summed E-state index contributed by atoms with van der Waals surface area (Å²) in [6, 6.07) is 9.46. The maximum Gasteiger partial charge on any atom is 0.416 e. The van der Waals surface area contributed by atoms with E-state index in [0.29, 0.717) is 11.3 Å². The number of alkyl halides is 3. The molecule has 0 saturated heterocycles. The number of hydrogen-bond acceptors (Lipinski definition) is 2. The Kier molecular flexibility index (Phi) is 3.97. The molecule has 0 fully saturated rings. The van der Waals surface area contributed by atoms with Crippen LogP contribution in [0.5, 0.6) is 0 Å². The lowest BCUT2D eigenvalue weighted by Crippen LogP contribution is -2.07. The van der Waals surface area contributed by atoms with Gasteiger partial charge in [-0.2, -0.15) is 13.2 Å². The third-order valence-corrected chi connectivity index (χ3v) is 3.07. The first-order valence-corrected chi connectivity index (χ1v) is 6.30. The highest BCUT2D eigenvalue weighted by molar-refractivity contribution is 5.63. The molecule has 0 unspecified atom stereocenters. The monoisotopic (exact) mass is 280 g/mol. The fourth-order valence-electron chi connectivity index (χ4n) is 1.88. The Balaban J connectivity index is 2.49. The molecule has 1 aromatic heterocycles. The Morgan fingerprint density at radius 3 is 2.25 bits per heavy atom. The number of aromatic nitrogens is 1. The van der Waals surface area contributed by atoms with Crippen molar-refractivity contribution < 1.29 is 13.2 Å². The lowest BCUT2D eigenvalue weighted by Gasteiger charge is -2.11. The van der Waals surface area contributed by atoms with Crippen LogP contribution in [-0.4, -0.2) is 12.0 Å². The second-order valence-corrected chi connectivity index (χ2v) is 4.42. The van der Waals surface area contributed by atoms with Crippen LogP contribution in [0.1, 0.15) is 18.1 Å². The van der Waals surface area contributed by atoms with E-state index in [1.165, 1.54) is 0 Å². The van der Waals surface area contributed by atoms with E-state index in [4.69, 9.17) is 0 Å². The number of nitrogens with one attached hydrogen (secondary N) is 1. The first-order valence-electron chi connectivity index (χ1n) is 6.30. The summed E-state index contributed by atoms with van der Waals surface area (Å²) >= 11 is 0. The number of hydrogen-bond donors (Lipinski definition) is 1. The minimum Gasteiger partial charge on any atom is -0.373 e. The summed E-state index contributed by atoms with van der Waals surface area (Å²) in [5.74, 6) is 0.203. The van der Waals surface area contributed by atoms with E-state index in [1.807, 2.05) is 19.1 Å². The van der Waals surface area contributed by atoms with Gasteiger partial charge >= 0.3 is 6.18 Å². The molecule has 2 rings (SSSR count). The lowest BCUT2D eigenvalue weighted by molar-refractivity contribution is -0.137. The third-order valence-electron chi connectivity index (χ3n) is 3.07. The van der Waals surface area contributed by atoms with Gasteiger partial charge in [-0.3, -0.25) is 0 Å². The first-order chi connectivity index (χ1) is 9.44. The number of anilines is 1. The first kappa shape index (κ1) is 14.4. The SMILES string of the molecule is CCc1ccc(-c2cc(C(F)(F)F)cc(NC)n2)cc1. The van der Waals surface area contributed by atoms with Gasteiger partial charge in [-0.05, 0) is 24.1 Å². The molecule has 0 aliphatic heterocycles. The van der Waals surface area contributed by atoms with E-state index in [0.717, 1.165) is 24.1 Å². The number of benzene rings is 1. The molecular formula is C15H15F3N2. The Morgan fingerprint density at radius 1 is 1.10 bits per heavy atom. The molecule has 2 nitrogen and oxygen atoms in total. The average molecular weight is 280 g/mol. The van der Waals surface area contributed by atoms with Crippen molar-refractivity contribution >= 4 is 5.82 Å². The molecule has 0 saturated carbocycles. The van der Waals surface area contributed by atoms with Crippen molar-refractivity contribution in [1.82, 2.24) is 4.98 Å². The molecule has 0 spiro atoms. The summed E-state index contributed by atoms with van der Waals surface area (Å²) in [5, 5.41) is 2.66. The van der Waals surface area contributed by atoms with Gasteiger partial charge in [0.2, 0.25) is 0 Å². The van der Waals surface area contributed by atoms with Gasteiger partial charge in [0, 0.05) is 12.6 Å². The Hall–Kier alpha value is -2.04. The van der Waals surface area contributed by atoms with Crippen molar-refractivity contribution in [1.29, 1.82) is 0 Å². The Labute approximate surface area is 115 Å². The van der Waals surface area contributed by atoms with Crippen LogP contribution in [0.2, 0.25) is 0 Å². The smallest absolute Gasteiger partial charge is 0.373 e. The minimum absolute atomic E-state index is 0.203. The molecule has 0 atom stereocenters. The number of nitrogens with zero attached hydrogens (tertiary/aromatic N) is 1. The van der Waals surface area contributed by atoms with E-state index < -0.39 is 11.7 Å². The molecule has 2 aromatic rings. The molecule has 1 heterocycles. The molecule has 0 aliphatic rings. The van der Waals surface area contributed by atoms with Crippen LogP contribution in [0.4, 0.5) is 19.0 Å². The van der Waals surface area contributed by atoms with Crippen molar-refractivity contribution in [2.24, 2.45) is 0 Å². The fourth-order valence-corrected chi connectivity index (χ4v) is 1.88. The molecule has 1 N–H and O–H groups in total. The van der Waals surface area contributed by atoms with E-state index >= 15 is 0 Å². The number of aryl methyl sites for hydroxylation is 1. The van der Waals surface area contributed by atoms with Crippen molar-refractivity contribution in [3.8, 4) is 11.3 Å². The normalized spacial score (nSPS) is 11.4. The van der Waals surface area contributed by atoms with Gasteiger partial charge < -0.3 is 5.32 Å². The molecule has 106 valence electrons. The van der Waals surface area contributed by atoms with Gasteiger partial charge in [0.1, 0.15) is 5.82 Å². The largest absolute Gasteiger partial charge is 0.416 e. The summed E-state index contributed by atoms with van der Waals surface area (Å²) < 4.78 is 38.6. The van der Waals surface area contributed by atoms with Gasteiger partial charge in [-0.1, -0.05) is 31.2 Å². The van der Waals surface area contributed by atoms with Gasteiger partial charge in [-0.15, -0.1) is 0 Å². The summed E-state index contributed by atoms with van der Waals surface area (Å²) in [6.45, 7) is 2.02. The highest BCUT2D eigenvalue weighted by atomic mass is 19.4. The molecular weight excluding hydrogens is 265 g/mol. The quantitative estimate of drug-likeness (QED) is 0.903. The van der Waals surface area contributed by atoms with Crippen LogP contribution in [-0.2, 0) is 12.6 Å². The zero-order valence-electron chi connectivity index (χ0n) is 11.3. The summed E-state index contributed by atoms with van der Waals surface area (Å²) in [7, 11) is 1.55. The second kappa shape index (κ2) is 5.53. The van der Waals surface area contributed by atoms with E-state index in [2.05, 4.69) is 10.3 Å². The van der Waals surface area contributed by atoms with Gasteiger partial charge in [-0.25, -0.2) is 4.98 Å². The Bertz CT molecular complexity index is 589. The topological polar surface area (TPSA) is 24.9 Å². The summed E-state index contributed by atoms with van der Waals surface area (Å²) in [5.41, 5.74) is 1.41. The van der Waals surface area contributed by atoms with Crippen LogP contribution in [0.3, 0.4) is 0 Å². The molecule has 20 heavy (non-hydrogen) atoms. The van der Waals surface area contributed by atoms with Gasteiger partial charge in [0.05, 0.1) is 11.3 Å². The minimum atomic E-state index is -4.38. The average Bonchev–Trinajstić information content (AvgIpc) is 2.46. The standard InChI is InChI=1S/C15H15F3N2/c1-3-10-4-6-11(7-5-10)13-8-12(15(16,17)18)9-14(19-2)20-13/h4-9H,3H2,1-2H3,(H,19,20). The number of pyridine rings is 1. The van der Waals surface area contributed by atoms with Crippen LogP contribution < -0.4 is 5.32 Å². The molecule has 5 heteroatoms. The summed E-state index contributed by atoms with van der Waals surface area (Å²) in [4.78, 5) is 4.18. The molecule has 0 aliphatic carbocycles. The third kappa shape index (κ3) is 3.10. The van der Waals surface area contributed by atoms with Crippen LogP contribution in [0.25, 0.3) is 11.3 Å². The Morgan fingerprint density at radius 2 is 1.75 bits per heavy atom. The predicted octanol–water partition coefficient (Wildman–Crippen LogP) is 4.37. The zero-order valence-corrected chi connectivity index (χ0v) is 11.3. The van der Waals surface area contributed by atoms with Crippen molar-refractivity contribution in [2.75, 3.05) is 12.4 Å². The number of rotatable bonds is 3.